The van der Waals surface area contributed by atoms with E-state index < -0.39 is 6.09 Å². The van der Waals surface area contributed by atoms with E-state index in [0.717, 1.165) is 67.6 Å². The van der Waals surface area contributed by atoms with Crippen molar-refractivity contribution in [2.75, 3.05) is 49.1 Å². The number of benzene rings is 1. The number of aromatic nitrogens is 3. The molecule has 1 N–H and O–H groups in total. The number of carboxylic acid groups (broad SMARTS) is 1. The minimum Gasteiger partial charge on any atom is -0.465 e. The molecule has 0 atom stereocenters. The van der Waals surface area contributed by atoms with Gasteiger partial charge in [0.1, 0.15) is 0 Å². The molecule has 9 heteroatoms. The van der Waals surface area contributed by atoms with Crippen LogP contribution < -0.4 is 9.80 Å². The third-order valence-electron chi connectivity index (χ3n) is 6.29. The van der Waals surface area contributed by atoms with E-state index >= 15 is 0 Å². The van der Waals surface area contributed by atoms with Crippen LogP contribution in [0.4, 0.5) is 15.9 Å². The van der Waals surface area contributed by atoms with E-state index in [2.05, 4.69) is 44.9 Å². The molecule has 1 fully saturated rings. The Kier molecular flexibility index (Phi) is 6.13. The van der Waals surface area contributed by atoms with Crippen LogP contribution in [0, 0.1) is 0 Å². The van der Waals surface area contributed by atoms with Gasteiger partial charge in [0.25, 0.3) is 0 Å². The smallest absolute Gasteiger partial charge is 0.407 e. The Morgan fingerprint density at radius 2 is 1.85 bits per heavy atom. The zero-order valence-corrected chi connectivity index (χ0v) is 19.6. The molecule has 1 amide bonds. The second-order valence-electron chi connectivity index (χ2n) is 8.50. The van der Waals surface area contributed by atoms with Crippen molar-refractivity contribution in [3.05, 3.63) is 47.8 Å². The molecule has 0 radical (unpaired) electrons. The Labute approximate surface area is 197 Å². The quantitative estimate of drug-likeness (QED) is 0.607. The molecule has 3 aromatic rings. The highest BCUT2D eigenvalue weighted by Gasteiger charge is 2.22. The van der Waals surface area contributed by atoms with Gasteiger partial charge in [0.05, 0.1) is 10.2 Å². The monoisotopic (exact) mass is 464 g/mol. The summed E-state index contributed by atoms with van der Waals surface area (Å²) in [5, 5.41) is 10.2. The summed E-state index contributed by atoms with van der Waals surface area (Å²) in [7, 11) is 0. The van der Waals surface area contributed by atoms with Gasteiger partial charge in [0, 0.05) is 51.7 Å². The SMILES string of the molecule is CCCc1cnc(N2CCN(c3nc4ccc(C5=CCN(C(=O)O)CC5)cc4s3)CC2)nc1. The van der Waals surface area contributed by atoms with Crippen LogP contribution in [0.2, 0.25) is 0 Å². The first-order valence-corrected chi connectivity index (χ1v) is 12.3. The summed E-state index contributed by atoms with van der Waals surface area (Å²) in [5.74, 6) is 0.811. The van der Waals surface area contributed by atoms with Crippen molar-refractivity contribution in [1.29, 1.82) is 0 Å². The molecule has 172 valence electrons. The number of aryl methyl sites for hydroxylation is 1. The van der Waals surface area contributed by atoms with Crippen LogP contribution in [0.15, 0.2) is 36.7 Å². The first-order valence-electron chi connectivity index (χ1n) is 11.5. The molecule has 2 aromatic heterocycles. The second-order valence-corrected chi connectivity index (χ2v) is 9.51. The number of amides is 1. The summed E-state index contributed by atoms with van der Waals surface area (Å²) < 4.78 is 1.17. The van der Waals surface area contributed by atoms with Gasteiger partial charge in [-0.25, -0.2) is 19.7 Å². The van der Waals surface area contributed by atoms with Crippen molar-refractivity contribution >= 4 is 44.3 Å². The molecular weight excluding hydrogens is 436 g/mol. The number of hydrogen-bond donors (Lipinski definition) is 1. The van der Waals surface area contributed by atoms with Crippen LogP contribution in [-0.4, -0.2) is 70.3 Å². The van der Waals surface area contributed by atoms with E-state index in [0.29, 0.717) is 13.1 Å². The van der Waals surface area contributed by atoms with Gasteiger partial charge in [-0.15, -0.1) is 0 Å². The van der Waals surface area contributed by atoms with Gasteiger partial charge in [-0.2, -0.15) is 0 Å². The van der Waals surface area contributed by atoms with Crippen molar-refractivity contribution in [3.63, 3.8) is 0 Å². The maximum absolute atomic E-state index is 11.1. The normalized spacial score (nSPS) is 16.9. The van der Waals surface area contributed by atoms with Crippen LogP contribution in [0.1, 0.15) is 30.9 Å². The number of thiazole rings is 1. The van der Waals surface area contributed by atoms with Gasteiger partial charge in [0.2, 0.25) is 5.95 Å². The summed E-state index contributed by atoms with van der Waals surface area (Å²) in [6.07, 6.45) is 7.93. The predicted molar refractivity (Wildman–Crippen MR) is 132 cm³/mol. The molecular formula is C24H28N6O2S. The third-order valence-corrected chi connectivity index (χ3v) is 7.37. The lowest BCUT2D eigenvalue weighted by molar-refractivity contribution is 0.150. The first kappa shape index (κ1) is 21.6. The minimum absolute atomic E-state index is 0.450. The van der Waals surface area contributed by atoms with E-state index in [1.807, 2.05) is 18.5 Å². The standard InChI is InChI=1S/C24H28N6O2S/c1-2-3-17-15-25-22(26-16-17)28-10-12-29(13-11-28)23-27-20-5-4-19(14-21(20)33-23)18-6-8-30(9-7-18)24(31)32/h4-6,14-16H,2-3,7-13H2,1H3,(H,31,32). The maximum Gasteiger partial charge on any atom is 0.407 e. The molecule has 1 aromatic carbocycles. The van der Waals surface area contributed by atoms with Crippen LogP contribution in [0.25, 0.3) is 15.8 Å². The fourth-order valence-electron chi connectivity index (χ4n) is 4.38. The lowest BCUT2D eigenvalue weighted by Gasteiger charge is -2.34. The Morgan fingerprint density at radius 1 is 1.09 bits per heavy atom. The highest BCUT2D eigenvalue weighted by Crippen LogP contribution is 2.33. The fraction of sp³-hybridized carbons (Fsp3) is 0.417. The zero-order chi connectivity index (χ0) is 22.8. The number of carbonyl (C=O) groups is 1. The molecule has 33 heavy (non-hydrogen) atoms. The summed E-state index contributed by atoms with van der Waals surface area (Å²) >= 11 is 1.73. The number of piperazine rings is 1. The molecule has 0 spiro atoms. The fourth-order valence-corrected chi connectivity index (χ4v) is 5.44. The third kappa shape index (κ3) is 4.64. The molecule has 2 aliphatic rings. The average Bonchev–Trinajstić information content (AvgIpc) is 3.28. The van der Waals surface area contributed by atoms with Crippen LogP contribution >= 0.6 is 11.3 Å². The van der Waals surface area contributed by atoms with Crippen molar-refractivity contribution in [1.82, 2.24) is 19.9 Å². The van der Waals surface area contributed by atoms with Gasteiger partial charge < -0.3 is 19.8 Å². The highest BCUT2D eigenvalue weighted by molar-refractivity contribution is 7.22. The van der Waals surface area contributed by atoms with E-state index in [9.17, 15) is 4.79 Å². The van der Waals surface area contributed by atoms with E-state index in [1.54, 1.807) is 11.3 Å². The van der Waals surface area contributed by atoms with Crippen LogP contribution in [0.5, 0.6) is 0 Å². The zero-order valence-electron chi connectivity index (χ0n) is 18.8. The van der Waals surface area contributed by atoms with Crippen LogP contribution in [-0.2, 0) is 6.42 Å². The molecule has 8 nitrogen and oxygen atoms in total. The molecule has 5 rings (SSSR count). The van der Waals surface area contributed by atoms with E-state index in [4.69, 9.17) is 10.1 Å². The maximum atomic E-state index is 11.1. The van der Waals surface area contributed by atoms with Gasteiger partial charge in [-0.1, -0.05) is 36.8 Å². The number of fused-ring (bicyclic) bond motifs is 1. The molecule has 4 heterocycles. The molecule has 0 aliphatic carbocycles. The lowest BCUT2D eigenvalue weighted by atomic mass is 9.99. The summed E-state index contributed by atoms with van der Waals surface area (Å²) in [6.45, 7) is 6.70. The van der Waals surface area contributed by atoms with Crippen molar-refractivity contribution in [2.24, 2.45) is 0 Å². The van der Waals surface area contributed by atoms with Crippen molar-refractivity contribution < 1.29 is 9.90 Å². The predicted octanol–water partition coefficient (Wildman–Crippen LogP) is 4.13. The number of anilines is 2. The van der Waals surface area contributed by atoms with Gasteiger partial charge in [-0.3, -0.25) is 0 Å². The lowest BCUT2D eigenvalue weighted by Crippen LogP contribution is -2.47. The van der Waals surface area contributed by atoms with Crippen LogP contribution in [0.3, 0.4) is 0 Å². The van der Waals surface area contributed by atoms with E-state index in [1.165, 1.54) is 20.7 Å². The van der Waals surface area contributed by atoms with Gasteiger partial charge in [-0.05, 0) is 41.7 Å². The second kappa shape index (κ2) is 9.35. The largest absolute Gasteiger partial charge is 0.465 e. The van der Waals surface area contributed by atoms with Gasteiger partial charge >= 0.3 is 6.09 Å². The Bertz CT molecular complexity index is 1170. The Balaban J connectivity index is 1.25. The number of hydrogen-bond acceptors (Lipinski definition) is 7. The summed E-state index contributed by atoms with van der Waals surface area (Å²) in [6, 6.07) is 6.38. The Morgan fingerprint density at radius 3 is 2.52 bits per heavy atom. The van der Waals surface area contributed by atoms with Gasteiger partial charge in [0.15, 0.2) is 5.13 Å². The molecule has 0 unspecified atom stereocenters. The van der Waals surface area contributed by atoms with E-state index in [-0.39, 0.29) is 0 Å². The molecule has 2 aliphatic heterocycles. The van der Waals surface area contributed by atoms with Crippen molar-refractivity contribution in [2.45, 2.75) is 26.2 Å². The average molecular weight is 465 g/mol. The minimum atomic E-state index is -0.854. The molecule has 1 saturated heterocycles. The molecule has 0 saturated carbocycles. The highest BCUT2D eigenvalue weighted by atomic mass is 32.1. The topological polar surface area (TPSA) is 85.7 Å². The van der Waals surface area contributed by atoms with Crippen molar-refractivity contribution in [3.8, 4) is 0 Å². The summed E-state index contributed by atoms with van der Waals surface area (Å²) in [5.41, 5.74) is 4.58. The molecule has 0 bridgehead atoms. The number of rotatable bonds is 5. The summed E-state index contributed by atoms with van der Waals surface area (Å²) in [4.78, 5) is 31.2. The first-order chi connectivity index (χ1) is 16.1. The number of nitrogens with zero attached hydrogens (tertiary/aromatic N) is 6. The Hall–Kier alpha value is -3.20.